The Morgan fingerprint density at radius 1 is 1.44 bits per heavy atom. The number of nitrogens with one attached hydrogen (secondary N) is 1. The molecule has 0 fully saturated rings. The number of hydrogen-bond donors (Lipinski definition) is 1. The zero-order valence-electron chi connectivity index (χ0n) is 11.9. The zero-order valence-corrected chi connectivity index (χ0v) is 11.9. The summed E-state index contributed by atoms with van der Waals surface area (Å²) < 4.78 is 1.94. The van der Waals surface area contributed by atoms with Crippen LogP contribution in [0.4, 0.5) is 0 Å². The van der Waals surface area contributed by atoms with E-state index >= 15 is 0 Å². The molecule has 0 aromatic carbocycles. The lowest BCUT2D eigenvalue weighted by atomic mass is 10.1. The van der Waals surface area contributed by atoms with Crippen LogP contribution in [-0.4, -0.2) is 28.2 Å². The Labute approximate surface area is 110 Å². The van der Waals surface area contributed by atoms with E-state index in [4.69, 9.17) is 0 Å². The van der Waals surface area contributed by atoms with Gasteiger partial charge in [0.25, 0.3) is 0 Å². The van der Waals surface area contributed by atoms with Gasteiger partial charge in [0.1, 0.15) is 5.78 Å². The number of rotatable bonds is 8. The standard InChI is InChI=1S/C14H25N3O/c1-5-12(4)17-8-7-13(16-17)10-14(18)9-11(3)15-6-2/h7-8,11-12,15H,5-6,9-10H2,1-4H3. The third-order valence-electron chi connectivity index (χ3n) is 3.17. The molecule has 0 spiro atoms. The number of nitrogens with zero attached hydrogens (tertiary/aromatic N) is 2. The molecule has 102 valence electrons. The monoisotopic (exact) mass is 251 g/mol. The maximum atomic E-state index is 11.9. The molecular weight excluding hydrogens is 226 g/mol. The first-order valence-corrected chi connectivity index (χ1v) is 6.85. The van der Waals surface area contributed by atoms with Gasteiger partial charge in [-0.2, -0.15) is 5.10 Å². The van der Waals surface area contributed by atoms with Gasteiger partial charge < -0.3 is 5.32 Å². The van der Waals surface area contributed by atoms with Crippen LogP contribution in [0.3, 0.4) is 0 Å². The molecule has 0 amide bonds. The van der Waals surface area contributed by atoms with Gasteiger partial charge >= 0.3 is 0 Å². The molecule has 1 rings (SSSR count). The summed E-state index contributed by atoms with van der Waals surface area (Å²) in [5.41, 5.74) is 0.879. The molecule has 2 atom stereocenters. The second-order valence-corrected chi connectivity index (χ2v) is 4.92. The highest BCUT2D eigenvalue weighted by molar-refractivity contribution is 5.80. The Kier molecular flexibility index (Phi) is 6.05. The first-order valence-electron chi connectivity index (χ1n) is 6.85. The Morgan fingerprint density at radius 2 is 2.17 bits per heavy atom. The van der Waals surface area contributed by atoms with E-state index in [1.54, 1.807) is 0 Å². The van der Waals surface area contributed by atoms with Crippen LogP contribution in [0.15, 0.2) is 12.3 Å². The predicted molar refractivity (Wildman–Crippen MR) is 73.7 cm³/mol. The summed E-state index contributed by atoms with van der Waals surface area (Å²) in [6, 6.07) is 2.59. The summed E-state index contributed by atoms with van der Waals surface area (Å²) >= 11 is 0. The highest BCUT2D eigenvalue weighted by Gasteiger charge is 2.11. The van der Waals surface area contributed by atoms with Gasteiger partial charge in [0.05, 0.1) is 12.1 Å². The van der Waals surface area contributed by atoms with E-state index in [2.05, 4.69) is 31.2 Å². The summed E-state index contributed by atoms with van der Waals surface area (Å²) in [6.45, 7) is 9.26. The number of carbonyl (C=O) groups is 1. The van der Waals surface area contributed by atoms with E-state index in [1.165, 1.54) is 0 Å². The largest absolute Gasteiger partial charge is 0.314 e. The minimum atomic E-state index is 0.248. The molecule has 1 aromatic rings. The minimum Gasteiger partial charge on any atom is -0.314 e. The van der Waals surface area contributed by atoms with Gasteiger partial charge in [0.2, 0.25) is 0 Å². The molecule has 1 N–H and O–H groups in total. The number of hydrogen-bond acceptors (Lipinski definition) is 3. The van der Waals surface area contributed by atoms with Crippen molar-refractivity contribution in [2.24, 2.45) is 0 Å². The van der Waals surface area contributed by atoms with Crippen molar-refractivity contribution >= 4 is 5.78 Å². The van der Waals surface area contributed by atoms with Crippen LogP contribution < -0.4 is 5.32 Å². The number of aromatic nitrogens is 2. The molecule has 0 radical (unpaired) electrons. The van der Waals surface area contributed by atoms with Crippen molar-refractivity contribution in [1.82, 2.24) is 15.1 Å². The summed E-state index contributed by atoms with van der Waals surface area (Å²) in [4.78, 5) is 11.9. The lowest BCUT2D eigenvalue weighted by Crippen LogP contribution is -2.28. The van der Waals surface area contributed by atoms with Gasteiger partial charge in [-0.05, 0) is 32.9 Å². The number of carbonyl (C=O) groups excluding carboxylic acids is 1. The van der Waals surface area contributed by atoms with Gasteiger partial charge in [-0.15, -0.1) is 0 Å². The summed E-state index contributed by atoms with van der Waals surface area (Å²) in [5, 5.41) is 7.70. The van der Waals surface area contributed by atoms with Gasteiger partial charge in [-0.25, -0.2) is 0 Å². The van der Waals surface area contributed by atoms with Crippen molar-refractivity contribution in [1.29, 1.82) is 0 Å². The molecule has 18 heavy (non-hydrogen) atoms. The minimum absolute atomic E-state index is 0.248. The quantitative estimate of drug-likeness (QED) is 0.771. The molecule has 0 saturated carbocycles. The third-order valence-corrected chi connectivity index (χ3v) is 3.17. The van der Waals surface area contributed by atoms with Gasteiger partial charge in [0.15, 0.2) is 0 Å². The molecule has 0 aliphatic heterocycles. The Hall–Kier alpha value is -1.16. The zero-order chi connectivity index (χ0) is 13.5. The fraction of sp³-hybridized carbons (Fsp3) is 0.714. The van der Waals surface area contributed by atoms with Crippen molar-refractivity contribution < 1.29 is 4.79 Å². The van der Waals surface area contributed by atoms with E-state index in [-0.39, 0.29) is 11.8 Å². The van der Waals surface area contributed by atoms with Gasteiger partial charge in [0, 0.05) is 24.7 Å². The number of Topliss-reactive ketones (excluding diaryl/α,β-unsaturated/α-hetero) is 1. The maximum Gasteiger partial charge on any atom is 0.140 e. The second kappa shape index (κ2) is 7.31. The predicted octanol–water partition coefficient (Wildman–Crippen LogP) is 2.35. The molecule has 1 heterocycles. The lowest BCUT2D eigenvalue weighted by Gasteiger charge is -2.10. The summed E-state index contributed by atoms with van der Waals surface area (Å²) in [7, 11) is 0. The highest BCUT2D eigenvalue weighted by atomic mass is 16.1. The molecule has 0 aliphatic rings. The Balaban J connectivity index is 2.47. The van der Waals surface area contributed by atoms with Crippen molar-refractivity contribution in [3.63, 3.8) is 0 Å². The number of ketones is 1. The van der Waals surface area contributed by atoms with Crippen LogP contribution in [0.2, 0.25) is 0 Å². The Morgan fingerprint density at radius 3 is 2.78 bits per heavy atom. The van der Waals surface area contributed by atoms with Gasteiger partial charge in [-0.1, -0.05) is 13.8 Å². The normalized spacial score (nSPS) is 14.4. The van der Waals surface area contributed by atoms with E-state index < -0.39 is 0 Å². The van der Waals surface area contributed by atoms with Crippen molar-refractivity contribution in [3.05, 3.63) is 18.0 Å². The van der Waals surface area contributed by atoms with Crippen LogP contribution in [0.1, 0.15) is 52.3 Å². The SMILES string of the molecule is CCNC(C)CC(=O)Cc1ccn(C(C)CC)n1. The van der Waals surface area contributed by atoms with E-state index in [9.17, 15) is 4.79 Å². The first-order chi connectivity index (χ1) is 8.56. The van der Waals surface area contributed by atoms with E-state index in [0.717, 1.165) is 18.7 Å². The van der Waals surface area contributed by atoms with Crippen molar-refractivity contribution in [2.75, 3.05) is 6.54 Å². The third kappa shape index (κ3) is 4.61. The lowest BCUT2D eigenvalue weighted by molar-refractivity contribution is -0.118. The molecule has 4 heteroatoms. The fourth-order valence-electron chi connectivity index (χ4n) is 1.94. The maximum absolute atomic E-state index is 11.9. The molecule has 0 aliphatic carbocycles. The van der Waals surface area contributed by atoms with Crippen LogP contribution in [-0.2, 0) is 11.2 Å². The smallest absolute Gasteiger partial charge is 0.140 e. The van der Waals surface area contributed by atoms with Gasteiger partial charge in [-0.3, -0.25) is 9.48 Å². The summed E-state index contributed by atoms with van der Waals surface area (Å²) in [6.07, 6.45) is 4.03. The molecule has 4 nitrogen and oxygen atoms in total. The highest BCUT2D eigenvalue weighted by Crippen LogP contribution is 2.10. The Bertz CT molecular complexity index is 373. The molecule has 0 saturated heterocycles. The van der Waals surface area contributed by atoms with Crippen molar-refractivity contribution in [3.8, 4) is 0 Å². The average molecular weight is 251 g/mol. The first kappa shape index (κ1) is 14.9. The van der Waals surface area contributed by atoms with E-state index in [1.807, 2.05) is 23.9 Å². The topological polar surface area (TPSA) is 46.9 Å². The molecule has 2 unspecified atom stereocenters. The second-order valence-electron chi connectivity index (χ2n) is 4.92. The fourth-order valence-corrected chi connectivity index (χ4v) is 1.94. The summed E-state index contributed by atoms with van der Waals surface area (Å²) in [5.74, 6) is 0.248. The van der Waals surface area contributed by atoms with Crippen LogP contribution in [0, 0.1) is 0 Å². The van der Waals surface area contributed by atoms with Crippen molar-refractivity contribution in [2.45, 2.75) is 59.0 Å². The molecule has 0 bridgehead atoms. The van der Waals surface area contributed by atoms with Crippen LogP contribution >= 0.6 is 0 Å². The van der Waals surface area contributed by atoms with Crippen LogP contribution in [0.5, 0.6) is 0 Å². The molecular formula is C14H25N3O. The van der Waals surface area contributed by atoms with E-state index in [0.29, 0.717) is 18.9 Å². The van der Waals surface area contributed by atoms with Crippen LogP contribution in [0.25, 0.3) is 0 Å². The molecule has 1 aromatic heterocycles. The average Bonchev–Trinajstić information content (AvgIpc) is 2.76.